The van der Waals surface area contributed by atoms with Crippen molar-refractivity contribution in [1.82, 2.24) is 4.90 Å². The van der Waals surface area contributed by atoms with Gasteiger partial charge in [0.1, 0.15) is 0 Å². The van der Waals surface area contributed by atoms with E-state index in [1.807, 2.05) is 0 Å². The van der Waals surface area contributed by atoms with Gasteiger partial charge in [-0.15, -0.1) is 0 Å². The second-order valence-electron chi connectivity index (χ2n) is 5.22. The summed E-state index contributed by atoms with van der Waals surface area (Å²) in [5, 5.41) is 0. The summed E-state index contributed by atoms with van der Waals surface area (Å²) in [7, 11) is 0. The van der Waals surface area contributed by atoms with Crippen molar-refractivity contribution in [2.75, 3.05) is 13.2 Å². The molecule has 2 heteroatoms. The van der Waals surface area contributed by atoms with Crippen LogP contribution in [0.2, 0.25) is 0 Å². The van der Waals surface area contributed by atoms with E-state index in [9.17, 15) is 4.39 Å². The Labute approximate surface area is 94.0 Å². The molecule has 0 radical (unpaired) electrons. The fourth-order valence-corrected chi connectivity index (χ4v) is 2.90. The van der Waals surface area contributed by atoms with Gasteiger partial charge < -0.3 is 0 Å². The standard InChI is InChI=1S/C13H26FN/c1-4-5-8-13(3)9-7-12(2)15(13)11-6-10-14/h12H,4-11H2,1-3H3/t12-,13?/m1/s1. The van der Waals surface area contributed by atoms with Crippen LogP contribution in [0.25, 0.3) is 0 Å². The summed E-state index contributed by atoms with van der Waals surface area (Å²) in [6.45, 7) is 7.67. The van der Waals surface area contributed by atoms with Gasteiger partial charge in [-0.1, -0.05) is 19.8 Å². The van der Waals surface area contributed by atoms with Crippen molar-refractivity contribution in [2.24, 2.45) is 0 Å². The summed E-state index contributed by atoms with van der Waals surface area (Å²) in [5.74, 6) is 0. The van der Waals surface area contributed by atoms with Gasteiger partial charge in [-0.2, -0.15) is 0 Å². The molecule has 90 valence electrons. The Morgan fingerprint density at radius 2 is 2.13 bits per heavy atom. The van der Waals surface area contributed by atoms with Crippen LogP contribution in [0.1, 0.15) is 59.3 Å². The minimum Gasteiger partial charge on any atom is -0.295 e. The van der Waals surface area contributed by atoms with Crippen molar-refractivity contribution in [3.8, 4) is 0 Å². The monoisotopic (exact) mass is 215 g/mol. The summed E-state index contributed by atoms with van der Waals surface area (Å²) >= 11 is 0. The number of hydrogen-bond acceptors (Lipinski definition) is 1. The van der Waals surface area contributed by atoms with E-state index in [-0.39, 0.29) is 6.67 Å². The number of likely N-dealkylation sites (tertiary alicyclic amines) is 1. The van der Waals surface area contributed by atoms with Crippen molar-refractivity contribution >= 4 is 0 Å². The second-order valence-corrected chi connectivity index (χ2v) is 5.22. The molecule has 0 aliphatic carbocycles. The number of unbranched alkanes of at least 4 members (excludes halogenated alkanes) is 1. The molecule has 1 rings (SSSR count). The Morgan fingerprint density at radius 1 is 1.40 bits per heavy atom. The number of hydrogen-bond donors (Lipinski definition) is 0. The molecule has 2 atom stereocenters. The van der Waals surface area contributed by atoms with E-state index in [2.05, 4.69) is 25.7 Å². The fourth-order valence-electron chi connectivity index (χ4n) is 2.90. The van der Waals surface area contributed by atoms with E-state index in [1.165, 1.54) is 32.1 Å². The average Bonchev–Trinajstić information content (AvgIpc) is 2.50. The van der Waals surface area contributed by atoms with Gasteiger partial charge in [0.15, 0.2) is 0 Å². The van der Waals surface area contributed by atoms with Crippen LogP contribution in [0, 0.1) is 0 Å². The van der Waals surface area contributed by atoms with Crippen molar-refractivity contribution in [1.29, 1.82) is 0 Å². The molecule has 1 aliphatic heterocycles. The highest BCUT2D eigenvalue weighted by Crippen LogP contribution is 2.37. The first kappa shape index (κ1) is 13.0. The van der Waals surface area contributed by atoms with E-state index in [4.69, 9.17) is 0 Å². The topological polar surface area (TPSA) is 3.24 Å². The summed E-state index contributed by atoms with van der Waals surface area (Å²) in [6, 6.07) is 0.651. The van der Waals surface area contributed by atoms with Crippen LogP contribution in [0.15, 0.2) is 0 Å². The van der Waals surface area contributed by atoms with Crippen LogP contribution < -0.4 is 0 Å². The third-order valence-electron chi connectivity index (χ3n) is 3.93. The van der Waals surface area contributed by atoms with Crippen LogP contribution in [0.4, 0.5) is 4.39 Å². The van der Waals surface area contributed by atoms with Crippen LogP contribution in [-0.2, 0) is 0 Å². The zero-order chi connectivity index (χ0) is 11.3. The highest BCUT2D eigenvalue weighted by molar-refractivity contribution is 4.95. The van der Waals surface area contributed by atoms with Crippen molar-refractivity contribution < 1.29 is 4.39 Å². The molecular weight excluding hydrogens is 189 g/mol. The molecule has 0 aromatic rings. The molecule has 0 spiro atoms. The van der Waals surface area contributed by atoms with Gasteiger partial charge in [0.2, 0.25) is 0 Å². The van der Waals surface area contributed by atoms with Crippen LogP contribution >= 0.6 is 0 Å². The Morgan fingerprint density at radius 3 is 2.73 bits per heavy atom. The van der Waals surface area contributed by atoms with Gasteiger partial charge >= 0.3 is 0 Å². The van der Waals surface area contributed by atoms with Gasteiger partial charge in [0.25, 0.3) is 0 Å². The van der Waals surface area contributed by atoms with E-state index in [0.29, 0.717) is 18.0 Å². The Bertz CT molecular complexity index is 183. The van der Waals surface area contributed by atoms with Crippen molar-refractivity contribution in [3.05, 3.63) is 0 Å². The second kappa shape index (κ2) is 5.83. The lowest BCUT2D eigenvalue weighted by atomic mass is 9.92. The smallest absolute Gasteiger partial charge is 0.0906 e. The molecule has 15 heavy (non-hydrogen) atoms. The summed E-state index contributed by atoms with van der Waals surface area (Å²) < 4.78 is 12.3. The minimum absolute atomic E-state index is 0.174. The van der Waals surface area contributed by atoms with Gasteiger partial charge in [-0.05, 0) is 39.5 Å². The fraction of sp³-hybridized carbons (Fsp3) is 1.00. The lowest BCUT2D eigenvalue weighted by Crippen LogP contribution is -2.44. The Kier molecular flexibility index (Phi) is 5.04. The first-order valence-electron chi connectivity index (χ1n) is 6.47. The average molecular weight is 215 g/mol. The van der Waals surface area contributed by atoms with Gasteiger partial charge in [0.05, 0.1) is 6.67 Å². The maximum Gasteiger partial charge on any atom is 0.0906 e. The number of rotatable bonds is 6. The molecule has 1 heterocycles. The third kappa shape index (κ3) is 3.17. The van der Waals surface area contributed by atoms with Gasteiger partial charge in [-0.3, -0.25) is 9.29 Å². The molecule has 0 N–H and O–H groups in total. The van der Waals surface area contributed by atoms with E-state index in [1.54, 1.807) is 0 Å². The first-order chi connectivity index (χ1) is 7.14. The maximum absolute atomic E-state index is 12.3. The molecule has 0 aromatic carbocycles. The summed E-state index contributed by atoms with van der Waals surface area (Å²) in [5.41, 5.74) is 0.352. The third-order valence-corrected chi connectivity index (χ3v) is 3.93. The quantitative estimate of drug-likeness (QED) is 0.652. The predicted octanol–water partition coefficient (Wildman–Crippen LogP) is 3.78. The summed E-state index contributed by atoms with van der Waals surface area (Å²) in [6.07, 6.45) is 7.12. The van der Waals surface area contributed by atoms with Gasteiger partial charge in [0, 0.05) is 18.1 Å². The molecule has 1 nitrogen and oxygen atoms in total. The normalized spacial score (nSPS) is 32.4. The van der Waals surface area contributed by atoms with Crippen molar-refractivity contribution in [3.63, 3.8) is 0 Å². The Balaban J connectivity index is 2.52. The first-order valence-corrected chi connectivity index (χ1v) is 6.47. The highest BCUT2D eigenvalue weighted by atomic mass is 19.1. The minimum atomic E-state index is -0.174. The molecule has 0 bridgehead atoms. The Hall–Kier alpha value is -0.110. The molecule has 1 unspecified atom stereocenters. The van der Waals surface area contributed by atoms with Crippen molar-refractivity contribution in [2.45, 2.75) is 70.9 Å². The molecule has 0 aromatic heterocycles. The number of nitrogens with zero attached hydrogens (tertiary/aromatic N) is 1. The predicted molar refractivity (Wildman–Crippen MR) is 63.9 cm³/mol. The van der Waals surface area contributed by atoms with E-state index < -0.39 is 0 Å². The maximum atomic E-state index is 12.3. The van der Waals surface area contributed by atoms with Gasteiger partial charge in [-0.25, -0.2) is 0 Å². The van der Waals surface area contributed by atoms with Crippen LogP contribution in [-0.4, -0.2) is 29.7 Å². The van der Waals surface area contributed by atoms with E-state index in [0.717, 1.165) is 6.54 Å². The SMILES string of the molecule is CCCCC1(C)CC[C@@H](C)N1CCCF. The van der Waals surface area contributed by atoms with E-state index >= 15 is 0 Å². The zero-order valence-corrected chi connectivity index (χ0v) is 10.6. The zero-order valence-electron chi connectivity index (χ0n) is 10.6. The molecule has 1 fully saturated rings. The molecule has 1 aliphatic rings. The lowest BCUT2D eigenvalue weighted by molar-refractivity contribution is 0.105. The number of halogens is 1. The molecule has 0 saturated carbocycles. The largest absolute Gasteiger partial charge is 0.295 e. The molecule has 1 saturated heterocycles. The number of alkyl halides is 1. The lowest BCUT2D eigenvalue weighted by Gasteiger charge is -2.38. The van der Waals surface area contributed by atoms with Crippen LogP contribution in [0.5, 0.6) is 0 Å². The summed E-state index contributed by atoms with van der Waals surface area (Å²) in [4.78, 5) is 2.54. The highest BCUT2D eigenvalue weighted by Gasteiger charge is 2.39. The molecule has 0 amide bonds. The molecular formula is C13H26FN. The van der Waals surface area contributed by atoms with Crippen LogP contribution in [0.3, 0.4) is 0 Å².